The quantitative estimate of drug-likeness (QED) is 0.192. The van der Waals surface area contributed by atoms with E-state index < -0.39 is 15.9 Å². The number of imidazole rings is 1. The van der Waals surface area contributed by atoms with Gasteiger partial charge in [0.2, 0.25) is 0 Å². The lowest BCUT2D eigenvalue weighted by Crippen LogP contribution is -2.26. The molecule has 1 amide bonds. The van der Waals surface area contributed by atoms with Gasteiger partial charge in [-0.15, -0.1) is 0 Å². The summed E-state index contributed by atoms with van der Waals surface area (Å²) in [6, 6.07) is 14.5. The van der Waals surface area contributed by atoms with Crippen LogP contribution < -0.4 is 9.46 Å². The normalized spacial score (nSPS) is 11.9. The van der Waals surface area contributed by atoms with Crippen molar-refractivity contribution in [1.82, 2.24) is 14.3 Å². The highest BCUT2D eigenvalue weighted by molar-refractivity contribution is 9.10. The Morgan fingerprint density at radius 1 is 1.16 bits per heavy atom. The first-order valence-electron chi connectivity index (χ1n) is 11.8. The van der Waals surface area contributed by atoms with Gasteiger partial charge in [-0.05, 0) is 64.7 Å². The topological polar surface area (TPSA) is 90.3 Å². The number of hydrogen-bond acceptors (Lipinski definition) is 5. The van der Waals surface area contributed by atoms with Crippen molar-refractivity contribution in [3.05, 3.63) is 92.3 Å². The summed E-state index contributed by atoms with van der Waals surface area (Å²) in [5.74, 6) is 0.631. The van der Waals surface area contributed by atoms with Gasteiger partial charge >= 0.3 is 0 Å². The third-order valence-electron chi connectivity index (χ3n) is 5.40. The maximum Gasteiger partial charge on any atom is 0.257 e. The lowest BCUT2D eigenvalue weighted by Gasteiger charge is -2.12. The van der Waals surface area contributed by atoms with Crippen LogP contribution in [0.25, 0.3) is 12.2 Å². The number of nitrogens with one attached hydrogen (secondary N) is 1. The number of unbranched alkanes of at least 4 members (excludes halogenated alkanes) is 2. The standard InChI is InChI=1S/C27H29BrClN3O4S/c1-3-4-8-16-36-23-12-11-22(24(29)18-23)19-32-20(2)30-27(28)25(32)13-14-26(33)31-37(34,35)17-15-21-9-6-5-7-10-21/h5-7,9-15,17-18H,3-4,8,16,19H2,1-2H3,(H,31,33). The molecule has 196 valence electrons. The molecule has 0 radical (unpaired) electrons. The Morgan fingerprint density at radius 2 is 1.92 bits per heavy atom. The first-order chi connectivity index (χ1) is 17.7. The van der Waals surface area contributed by atoms with Gasteiger partial charge < -0.3 is 9.30 Å². The molecule has 7 nitrogen and oxygen atoms in total. The Hall–Kier alpha value is -2.88. The van der Waals surface area contributed by atoms with Crippen LogP contribution in [0.4, 0.5) is 0 Å². The predicted octanol–water partition coefficient (Wildman–Crippen LogP) is 6.35. The van der Waals surface area contributed by atoms with Crippen LogP contribution in [0, 0.1) is 6.92 Å². The fourth-order valence-electron chi connectivity index (χ4n) is 3.46. The molecule has 1 heterocycles. The summed E-state index contributed by atoms with van der Waals surface area (Å²) in [7, 11) is -3.96. The number of nitrogens with zero attached hydrogens (tertiary/aromatic N) is 2. The van der Waals surface area contributed by atoms with Gasteiger partial charge in [-0.2, -0.15) is 0 Å². The number of aryl methyl sites for hydroxylation is 1. The van der Waals surface area contributed by atoms with Crippen molar-refractivity contribution in [2.24, 2.45) is 0 Å². The van der Waals surface area contributed by atoms with E-state index >= 15 is 0 Å². The minimum absolute atomic E-state index is 0.402. The van der Waals surface area contributed by atoms with E-state index in [1.54, 1.807) is 30.3 Å². The van der Waals surface area contributed by atoms with Crippen LogP contribution in [-0.2, 0) is 21.4 Å². The van der Waals surface area contributed by atoms with Crippen LogP contribution in [0.15, 0.2) is 64.6 Å². The molecule has 3 aromatic rings. The zero-order valence-corrected chi connectivity index (χ0v) is 23.8. The molecule has 0 aliphatic carbocycles. The number of carbonyl (C=O) groups excluding carboxylic acids is 1. The molecule has 0 unspecified atom stereocenters. The van der Waals surface area contributed by atoms with E-state index in [9.17, 15) is 13.2 Å². The second kappa shape index (κ2) is 13.6. The summed E-state index contributed by atoms with van der Waals surface area (Å²) in [5, 5.41) is 1.51. The minimum atomic E-state index is -3.96. The first-order valence-corrected chi connectivity index (χ1v) is 14.5. The molecule has 2 aromatic carbocycles. The van der Waals surface area contributed by atoms with Crippen molar-refractivity contribution < 1.29 is 17.9 Å². The molecule has 3 rings (SSSR count). The fourth-order valence-corrected chi connectivity index (χ4v) is 5.04. The fraction of sp³-hybridized carbons (Fsp3) is 0.259. The Labute approximate surface area is 231 Å². The van der Waals surface area contributed by atoms with Gasteiger partial charge in [-0.1, -0.05) is 67.8 Å². The summed E-state index contributed by atoms with van der Waals surface area (Å²) < 4.78 is 34.7. The van der Waals surface area contributed by atoms with Gasteiger partial charge in [-0.3, -0.25) is 4.79 Å². The molecule has 1 aromatic heterocycles. The van der Waals surface area contributed by atoms with Crippen LogP contribution in [0.2, 0.25) is 5.02 Å². The van der Waals surface area contributed by atoms with Gasteiger partial charge in [0.1, 0.15) is 16.2 Å². The van der Waals surface area contributed by atoms with E-state index in [1.807, 2.05) is 34.4 Å². The maximum atomic E-state index is 12.4. The molecule has 1 N–H and O–H groups in total. The minimum Gasteiger partial charge on any atom is -0.494 e. The molecule has 0 saturated carbocycles. The Kier molecular flexibility index (Phi) is 10.5. The Balaban J connectivity index is 1.69. The summed E-state index contributed by atoms with van der Waals surface area (Å²) in [6.45, 7) is 5.02. The number of sulfonamides is 1. The molecular formula is C27H29BrClN3O4S. The number of carbonyl (C=O) groups is 1. The van der Waals surface area contributed by atoms with Gasteiger partial charge in [0.25, 0.3) is 15.9 Å². The molecule has 37 heavy (non-hydrogen) atoms. The number of rotatable bonds is 12. The Bertz CT molecular complexity index is 1390. The third kappa shape index (κ3) is 8.87. The van der Waals surface area contributed by atoms with E-state index in [0.29, 0.717) is 45.6 Å². The molecule has 10 heteroatoms. The first kappa shape index (κ1) is 28.7. The Morgan fingerprint density at radius 3 is 2.62 bits per heavy atom. The van der Waals surface area contributed by atoms with Gasteiger partial charge in [-0.25, -0.2) is 18.1 Å². The SMILES string of the molecule is CCCCCOc1ccc(Cn2c(C)nc(Br)c2C=CC(=O)NS(=O)(=O)C=Cc2ccccc2)c(Cl)c1. The number of amides is 1. The monoisotopic (exact) mass is 605 g/mol. The summed E-state index contributed by atoms with van der Waals surface area (Å²) >= 11 is 9.94. The molecule has 0 spiro atoms. The largest absolute Gasteiger partial charge is 0.494 e. The summed E-state index contributed by atoms with van der Waals surface area (Å²) in [4.78, 5) is 16.8. The van der Waals surface area contributed by atoms with Crippen molar-refractivity contribution >= 4 is 55.6 Å². The van der Waals surface area contributed by atoms with Crippen molar-refractivity contribution in [3.63, 3.8) is 0 Å². The van der Waals surface area contributed by atoms with E-state index in [-0.39, 0.29) is 0 Å². The van der Waals surface area contributed by atoms with Gasteiger partial charge in [0.05, 0.1) is 24.3 Å². The molecule has 0 saturated heterocycles. The average Bonchev–Trinajstić information content (AvgIpc) is 3.13. The van der Waals surface area contributed by atoms with E-state index in [2.05, 4.69) is 27.8 Å². The maximum absolute atomic E-state index is 12.4. The molecule has 0 fully saturated rings. The van der Waals surface area contributed by atoms with Crippen molar-refractivity contribution in [2.75, 3.05) is 6.61 Å². The number of benzene rings is 2. The predicted molar refractivity (Wildman–Crippen MR) is 152 cm³/mol. The van der Waals surface area contributed by atoms with Gasteiger partial charge in [0, 0.05) is 11.1 Å². The second-order valence-electron chi connectivity index (χ2n) is 8.29. The van der Waals surface area contributed by atoms with Crippen molar-refractivity contribution in [3.8, 4) is 5.75 Å². The smallest absolute Gasteiger partial charge is 0.257 e. The molecule has 0 atom stereocenters. The summed E-state index contributed by atoms with van der Waals surface area (Å²) in [6.07, 6.45) is 7.31. The van der Waals surface area contributed by atoms with Crippen LogP contribution >= 0.6 is 27.5 Å². The van der Waals surface area contributed by atoms with Crippen LogP contribution in [0.1, 0.15) is 48.8 Å². The average molecular weight is 607 g/mol. The van der Waals surface area contributed by atoms with E-state index in [1.165, 1.54) is 12.2 Å². The number of halogens is 2. The van der Waals surface area contributed by atoms with Crippen molar-refractivity contribution in [2.45, 2.75) is 39.7 Å². The lowest BCUT2D eigenvalue weighted by atomic mass is 10.2. The van der Waals surface area contributed by atoms with E-state index in [4.69, 9.17) is 16.3 Å². The zero-order valence-electron chi connectivity index (χ0n) is 20.7. The third-order valence-corrected chi connectivity index (χ3v) is 7.31. The van der Waals surface area contributed by atoms with Crippen LogP contribution in [-0.4, -0.2) is 30.5 Å². The molecular weight excluding hydrogens is 578 g/mol. The summed E-state index contributed by atoms with van der Waals surface area (Å²) in [5.41, 5.74) is 2.15. The molecule has 0 aliphatic rings. The number of aromatic nitrogens is 2. The highest BCUT2D eigenvalue weighted by atomic mass is 79.9. The molecule has 0 aliphatic heterocycles. The number of ether oxygens (including phenoxy) is 1. The zero-order chi connectivity index (χ0) is 26.8. The highest BCUT2D eigenvalue weighted by Gasteiger charge is 2.14. The van der Waals surface area contributed by atoms with E-state index in [0.717, 1.165) is 36.3 Å². The number of hydrogen-bond donors (Lipinski definition) is 1. The van der Waals surface area contributed by atoms with Crippen LogP contribution in [0.3, 0.4) is 0 Å². The van der Waals surface area contributed by atoms with Gasteiger partial charge in [0.15, 0.2) is 0 Å². The van der Waals surface area contributed by atoms with Crippen LogP contribution in [0.5, 0.6) is 5.75 Å². The highest BCUT2D eigenvalue weighted by Crippen LogP contribution is 2.27. The second-order valence-corrected chi connectivity index (χ2v) is 11.0. The van der Waals surface area contributed by atoms with Crippen molar-refractivity contribution in [1.29, 1.82) is 0 Å². The lowest BCUT2D eigenvalue weighted by molar-refractivity contribution is -0.114. The molecule has 0 bridgehead atoms.